The molecule has 0 aliphatic rings. The molecular formula is C23H21N3OS. The fourth-order valence-electron chi connectivity index (χ4n) is 2.99. The van der Waals surface area contributed by atoms with E-state index in [1.807, 2.05) is 60.7 Å². The van der Waals surface area contributed by atoms with Gasteiger partial charge in [-0.25, -0.2) is 0 Å². The Morgan fingerprint density at radius 3 is 2.25 bits per heavy atom. The molecule has 0 radical (unpaired) electrons. The number of hydrogen-bond donors (Lipinski definition) is 0. The van der Waals surface area contributed by atoms with Crippen molar-refractivity contribution in [3.63, 3.8) is 0 Å². The number of hydrogen-bond acceptors (Lipinski definition) is 4. The van der Waals surface area contributed by atoms with Crippen molar-refractivity contribution < 1.29 is 4.74 Å². The second-order valence-electron chi connectivity index (χ2n) is 6.18. The molecule has 140 valence electrons. The van der Waals surface area contributed by atoms with E-state index in [-0.39, 0.29) is 0 Å². The van der Waals surface area contributed by atoms with Crippen LogP contribution >= 0.6 is 11.8 Å². The zero-order valence-corrected chi connectivity index (χ0v) is 16.5. The standard InChI is InChI=1S/C23H21N3OS/c1-2-28-23-25-24-22(26(23)19-13-7-4-8-14-19)20-15-9-10-16-21(20)27-17-18-11-5-3-6-12-18/h3-16H,2,17H2,1H3. The van der Waals surface area contributed by atoms with E-state index < -0.39 is 0 Å². The molecule has 0 bridgehead atoms. The highest BCUT2D eigenvalue weighted by Gasteiger charge is 2.18. The summed E-state index contributed by atoms with van der Waals surface area (Å²) in [5.41, 5.74) is 3.10. The number of ether oxygens (including phenoxy) is 1. The Hall–Kier alpha value is -3.05. The molecule has 1 heterocycles. The topological polar surface area (TPSA) is 39.9 Å². The molecule has 0 saturated carbocycles. The first kappa shape index (κ1) is 18.3. The summed E-state index contributed by atoms with van der Waals surface area (Å²) >= 11 is 1.68. The van der Waals surface area contributed by atoms with Crippen LogP contribution in [-0.2, 0) is 6.61 Å². The van der Waals surface area contributed by atoms with Gasteiger partial charge in [-0.15, -0.1) is 10.2 Å². The second-order valence-corrected chi connectivity index (χ2v) is 7.41. The number of para-hydroxylation sites is 2. The first-order chi connectivity index (χ1) is 13.9. The fraction of sp³-hybridized carbons (Fsp3) is 0.130. The average molecular weight is 388 g/mol. The maximum absolute atomic E-state index is 6.15. The largest absolute Gasteiger partial charge is 0.488 e. The van der Waals surface area contributed by atoms with E-state index >= 15 is 0 Å². The van der Waals surface area contributed by atoms with Gasteiger partial charge in [0, 0.05) is 5.69 Å². The van der Waals surface area contributed by atoms with Gasteiger partial charge in [-0.2, -0.15) is 0 Å². The number of nitrogens with zero attached hydrogens (tertiary/aromatic N) is 3. The lowest BCUT2D eigenvalue weighted by Crippen LogP contribution is -2.02. The van der Waals surface area contributed by atoms with Crippen LogP contribution in [-0.4, -0.2) is 20.5 Å². The monoisotopic (exact) mass is 387 g/mol. The third-order valence-corrected chi connectivity index (χ3v) is 5.10. The smallest absolute Gasteiger partial charge is 0.196 e. The molecule has 0 aliphatic carbocycles. The molecule has 28 heavy (non-hydrogen) atoms. The quantitative estimate of drug-likeness (QED) is 0.386. The van der Waals surface area contributed by atoms with Crippen LogP contribution in [0.4, 0.5) is 0 Å². The van der Waals surface area contributed by atoms with Crippen LogP contribution in [0.25, 0.3) is 17.1 Å². The third kappa shape index (κ3) is 3.94. The van der Waals surface area contributed by atoms with E-state index in [0.29, 0.717) is 6.61 Å². The Kier molecular flexibility index (Phi) is 5.73. The molecule has 4 aromatic rings. The summed E-state index contributed by atoms with van der Waals surface area (Å²) in [5, 5.41) is 9.82. The average Bonchev–Trinajstić information content (AvgIpc) is 3.17. The normalized spacial score (nSPS) is 10.8. The van der Waals surface area contributed by atoms with Crippen molar-refractivity contribution in [3.05, 3.63) is 90.5 Å². The summed E-state index contributed by atoms with van der Waals surface area (Å²) in [6.07, 6.45) is 0. The highest BCUT2D eigenvalue weighted by atomic mass is 32.2. The van der Waals surface area contributed by atoms with E-state index in [1.165, 1.54) is 0 Å². The Morgan fingerprint density at radius 2 is 1.50 bits per heavy atom. The van der Waals surface area contributed by atoms with Gasteiger partial charge in [0.05, 0.1) is 5.56 Å². The zero-order valence-electron chi connectivity index (χ0n) is 15.7. The van der Waals surface area contributed by atoms with Crippen molar-refractivity contribution in [1.29, 1.82) is 0 Å². The summed E-state index contributed by atoms with van der Waals surface area (Å²) in [6.45, 7) is 2.62. The van der Waals surface area contributed by atoms with E-state index in [1.54, 1.807) is 11.8 Å². The number of aromatic nitrogens is 3. The van der Waals surface area contributed by atoms with Crippen molar-refractivity contribution in [2.24, 2.45) is 0 Å². The molecule has 5 heteroatoms. The lowest BCUT2D eigenvalue weighted by atomic mass is 10.1. The number of benzene rings is 3. The van der Waals surface area contributed by atoms with E-state index in [0.717, 1.165) is 39.3 Å². The molecule has 4 nitrogen and oxygen atoms in total. The highest BCUT2D eigenvalue weighted by Crippen LogP contribution is 2.33. The SMILES string of the molecule is CCSc1nnc(-c2ccccc2OCc2ccccc2)n1-c1ccccc1. The summed E-state index contributed by atoms with van der Waals surface area (Å²) in [6, 6.07) is 28.4. The first-order valence-electron chi connectivity index (χ1n) is 9.26. The first-order valence-corrected chi connectivity index (χ1v) is 10.2. The molecule has 0 unspecified atom stereocenters. The van der Waals surface area contributed by atoms with Gasteiger partial charge >= 0.3 is 0 Å². The van der Waals surface area contributed by atoms with Gasteiger partial charge in [-0.3, -0.25) is 4.57 Å². The van der Waals surface area contributed by atoms with Crippen LogP contribution in [0.1, 0.15) is 12.5 Å². The zero-order chi connectivity index (χ0) is 19.2. The Balaban J connectivity index is 1.74. The van der Waals surface area contributed by atoms with Crippen LogP contribution in [0.15, 0.2) is 90.1 Å². The van der Waals surface area contributed by atoms with E-state index in [2.05, 4.69) is 46.0 Å². The highest BCUT2D eigenvalue weighted by molar-refractivity contribution is 7.99. The maximum atomic E-state index is 6.15. The molecule has 1 aromatic heterocycles. The summed E-state index contributed by atoms with van der Waals surface area (Å²) in [7, 11) is 0. The van der Waals surface area contributed by atoms with Gasteiger partial charge in [0.15, 0.2) is 11.0 Å². The second kappa shape index (κ2) is 8.76. The Labute approximate surface area is 169 Å². The van der Waals surface area contributed by atoms with Crippen LogP contribution in [0.2, 0.25) is 0 Å². The van der Waals surface area contributed by atoms with Gasteiger partial charge in [-0.05, 0) is 35.6 Å². The van der Waals surface area contributed by atoms with Gasteiger partial charge in [0.25, 0.3) is 0 Å². The predicted octanol–water partition coefficient (Wildman–Crippen LogP) is 5.63. The van der Waals surface area contributed by atoms with Gasteiger partial charge < -0.3 is 4.74 Å². The molecule has 0 atom stereocenters. The van der Waals surface area contributed by atoms with E-state index in [4.69, 9.17) is 4.74 Å². The van der Waals surface area contributed by atoms with Crippen molar-refractivity contribution in [3.8, 4) is 22.8 Å². The van der Waals surface area contributed by atoms with Crippen molar-refractivity contribution in [2.45, 2.75) is 18.7 Å². The van der Waals surface area contributed by atoms with Crippen LogP contribution in [0, 0.1) is 0 Å². The van der Waals surface area contributed by atoms with Crippen LogP contribution in [0.5, 0.6) is 5.75 Å². The van der Waals surface area contributed by atoms with Gasteiger partial charge in [0.2, 0.25) is 0 Å². The summed E-state index contributed by atoms with van der Waals surface area (Å²) < 4.78 is 8.25. The number of rotatable bonds is 7. The molecule has 0 saturated heterocycles. The molecule has 0 fully saturated rings. The molecule has 0 aliphatic heterocycles. The van der Waals surface area contributed by atoms with Crippen LogP contribution < -0.4 is 4.74 Å². The van der Waals surface area contributed by atoms with Crippen molar-refractivity contribution >= 4 is 11.8 Å². The van der Waals surface area contributed by atoms with Crippen LogP contribution in [0.3, 0.4) is 0 Å². The molecule has 0 spiro atoms. The molecule has 0 amide bonds. The van der Waals surface area contributed by atoms with Crippen molar-refractivity contribution in [1.82, 2.24) is 14.8 Å². The lowest BCUT2D eigenvalue weighted by Gasteiger charge is -2.13. The Morgan fingerprint density at radius 1 is 0.821 bits per heavy atom. The lowest BCUT2D eigenvalue weighted by molar-refractivity contribution is 0.307. The summed E-state index contributed by atoms with van der Waals surface area (Å²) in [5.74, 6) is 2.51. The predicted molar refractivity (Wildman–Crippen MR) is 114 cm³/mol. The third-order valence-electron chi connectivity index (χ3n) is 4.29. The van der Waals surface area contributed by atoms with Crippen molar-refractivity contribution in [2.75, 3.05) is 5.75 Å². The minimum atomic E-state index is 0.508. The summed E-state index contributed by atoms with van der Waals surface area (Å²) in [4.78, 5) is 0. The molecular weight excluding hydrogens is 366 g/mol. The number of thioether (sulfide) groups is 1. The minimum Gasteiger partial charge on any atom is -0.488 e. The fourth-order valence-corrected chi connectivity index (χ4v) is 3.67. The van der Waals surface area contributed by atoms with Gasteiger partial charge in [-0.1, -0.05) is 79.3 Å². The minimum absolute atomic E-state index is 0.508. The molecule has 0 N–H and O–H groups in total. The van der Waals surface area contributed by atoms with E-state index in [9.17, 15) is 0 Å². The molecule has 3 aromatic carbocycles. The Bertz CT molecular complexity index is 1030. The maximum Gasteiger partial charge on any atom is 0.196 e. The molecule has 4 rings (SSSR count). The van der Waals surface area contributed by atoms with Gasteiger partial charge in [0.1, 0.15) is 12.4 Å².